The van der Waals surface area contributed by atoms with Gasteiger partial charge in [-0.25, -0.2) is 0 Å². The Balaban J connectivity index is 0.000000648. The summed E-state index contributed by atoms with van der Waals surface area (Å²) >= 11 is 0. The Morgan fingerprint density at radius 1 is 0.590 bits per heavy atom. The van der Waals surface area contributed by atoms with Gasteiger partial charge in [0.05, 0.1) is 4.92 Å². The average molecular weight is 530 g/mol. The normalized spacial score (nSPS) is 10.9. The Bertz CT molecular complexity index is 1460. The highest BCUT2D eigenvalue weighted by atomic mass is 19.5. The fourth-order valence-electron chi connectivity index (χ4n) is 4.19. The minimum atomic E-state index is -6.00. The van der Waals surface area contributed by atoms with Gasteiger partial charge in [0.1, 0.15) is 0 Å². The van der Waals surface area contributed by atoms with Crippen molar-refractivity contribution in [3.05, 3.63) is 143 Å². The molecule has 196 valence electrons. The lowest BCUT2D eigenvalue weighted by molar-refractivity contribution is -0.666. The first-order valence-electron chi connectivity index (χ1n) is 12.0. The molecule has 0 amide bonds. The van der Waals surface area contributed by atoms with Crippen LogP contribution in [0.4, 0.5) is 23.0 Å². The lowest BCUT2D eigenvalue weighted by Gasteiger charge is -2.13. The van der Waals surface area contributed by atoms with Crippen LogP contribution in [0.2, 0.25) is 0 Å². The zero-order valence-corrected chi connectivity index (χ0v) is 20.6. The van der Waals surface area contributed by atoms with Crippen molar-refractivity contribution < 1.29 is 26.8 Å². The molecule has 0 saturated carbocycles. The molecule has 5 rings (SSSR count). The second-order valence-corrected chi connectivity index (χ2v) is 8.62. The number of pyridine rings is 1. The van der Waals surface area contributed by atoms with Crippen molar-refractivity contribution in [2.24, 2.45) is 0 Å². The number of hydrogen-bond donors (Lipinski definition) is 0. The number of non-ortho nitro benzene ring substituents is 1. The maximum absolute atomic E-state index is 11.1. The fourth-order valence-corrected chi connectivity index (χ4v) is 4.19. The van der Waals surface area contributed by atoms with E-state index in [2.05, 4.69) is 65.2 Å². The third-order valence-corrected chi connectivity index (χ3v) is 5.90. The van der Waals surface area contributed by atoms with Crippen molar-refractivity contribution in [1.82, 2.24) is 0 Å². The van der Waals surface area contributed by atoms with Gasteiger partial charge in [0.25, 0.3) is 5.69 Å². The van der Waals surface area contributed by atoms with Crippen LogP contribution in [0, 0.1) is 10.1 Å². The zero-order chi connectivity index (χ0) is 27.8. The maximum atomic E-state index is 11.1. The van der Waals surface area contributed by atoms with Crippen molar-refractivity contribution in [1.29, 1.82) is 0 Å². The lowest BCUT2D eigenvalue weighted by Crippen LogP contribution is -2.39. The molecule has 0 N–H and O–H groups in total. The Hall–Kier alpha value is -4.79. The Morgan fingerprint density at radius 2 is 0.974 bits per heavy atom. The summed E-state index contributed by atoms with van der Waals surface area (Å²) < 4.78 is 41.3. The zero-order valence-electron chi connectivity index (χ0n) is 20.6. The van der Waals surface area contributed by atoms with E-state index in [9.17, 15) is 27.4 Å². The Kier molecular flexibility index (Phi) is 8.51. The van der Waals surface area contributed by atoms with Gasteiger partial charge in [-0.3, -0.25) is 10.1 Å². The topological polar surface area (TPSA) is 47.0 Å². The number of benzene rings is 4. The highest BCUT2D eigenvalue weighted by Crippen LogP contribution is 2.29. The van der Waals surface area contributed by atoms with E-state index < -0.39 is 7.25 Å². The van der Waals surface area contributed by atoms with Gasteiger partial charge >= 0.3 is 7.25 Å². The molecule has 4 aromatic carbocycles. The van der Waals surface area contributed by atoms with Crippen molar-refractivity contribution in [3.8, 4) is 33.6 Å². The van der Waals surface area contributed by atoms with E-state index in [4.69, 9.17) is 0 Å². The number of rotatable bonds is 6. The minimum absolute atomic E-state index is 0.0970. The third kappa shape index (κ3) is 7.61. The largest absolute Gasteiger partial charge is 0.673 e. The smallest absolute Gasteiger partial charge is 0.418 e. The van der Waals surface area contributed by atoms with Crippen LogP contribution in [-0.2, 0) is 6.54 Å². The second kappa shape index (κ2) is 12.2. The van der Waals surface area contributed by atoms with Gasteiger partial charge in [-0.05, 0) is 47.5 Å². The summed E-state index contributed by atoms with van der Waals surface area (Å²) in [5.41, 5.74) is 7.77. The first kappa shape index (κ1) is 27.3. The van der Waals surface area contributed by atoms with E-state index >= 15 is 0 Å². The van der Waals surface area contributed by atoms with E-state index in [0.717, 1.165) is 39.2 Å². The van der Waals surface area contributed by atoms with Crippen LogP contribution in [0.5, 0.6) is 0 Å². The molecule has 39 heavy (non-hydrogen) atoms. The van der Waals surface area contributed by atoms with Crippen LogP contribution in [0.25, 0.3) is 33.6 Å². The Morgan fingerprint density at radius 3 is 1.36 bits per heavy atom. The molecule has 0 radical (unpaired) electrons. The summed E-state index contributed by atoms with van der Waals surface area (Å²) in [5.74, 6) is 0. The summed E-state index contributed by atoms with van der Waals surface area (Å²) in [5, 5.41) is 11.1. The molecule has 0 aliphatic rings. The van der Waals surface area contributed by atoms with Crippen molar-refractivity contribution in [3.63, 3.8) is 0 Å². The molecule has 4 nitrogen and oxygen atoms in total. The van der Waals surface area contributed by atoms with Gasteiger partial charge in [-0.15, -0.1) is 0 Å². The van der Waals surface area contributed by atoms with Crippen LogP contribution < -0.4 is 4.57 Å². The predicted molar refractivity (Wildman–Crippen MR) is 145 cm³/mol. The molecule has 0 fully saturated rings. The monoisotopic (exact) mass is 530 g/mol. The van der Waals surface area contributed by atoms with Crippen LogP contribution in [0.3, 0.4) is 0 Å². The summed E-state index contributed by atoms with van der Waals surface area (Å²) in [6.45, 7) is 0.585. The second-order valence-electron chi connectivity index (χ2n) is 8.62. The number of nitro benzene ring substituents is 1. The molecule has 9 heteroatoms. The first-order chi connectivity index (χ1) is 18.7. The molecular weight excluding hydrogens is 507 g/mol. The predicted octanol–water partition coefficient (Wildman–Crippen LogP) is 8.23. The minimum Gasteiger partial charge on any atom is -0.418 e. The van der Waals surface area contributed by atoms with Gasteiger partial charge in [0, 0.05) is 41.0 Å². The molecule has 0 aliphatic heterocycles. The molecule has 5 aromatic rings. The molecule has 1 heterocycles. The molecule has 0 unspecified atom stereocenters. The maximum Gasteiger partial charge on any atom is 0.673 e. The average Bonchev–Trinajstić information content (AvgIpc) is 2.94. The van der Waals surface area contributed by atoms with Crippen LogP contribution in [0.1, 0.15) is 5.56 Å². The third-order valence-electron chi connectivity index (χ3n) is 5.90. The van der Waals surface area contributed by atoms with Gasteiger partial charge < -0.3 is 17.3 Å². The molecular formula is C30H23BF4N2O2. The highest BCUT2D eigenvalue weighted by molar-refractivity contribution is 6.50. The molecule has 0 bridgehead atoms. The van der Waals surface area contributed by atoms with Crippen LogP contribution in [-0.4, -0.2) is 12.2 Å². The van der Waals surface area contributed by atoms with Gasteiger partial charge in [0.15, 0.2) is 6.54 Å². The quantitative estimate of drug-likeness (QED) is 0.0730. The van der Waals surface area contributed by atoms with Crippen LogP contribution in [0.15, 0.2) is 127 Å². The summed E-state index contributed by atoms with van der Waals surface area (Å²) in [7, 11) is -6.00. The van der Waals surface area contributed by atoms with Gasteiger partial charge in [-0.1, -0.05) is 66.7 Å². The molecule has 0 aliphatic carbocycles. The highest BCUT2D eigenvalue weighted by Gasteiger charge is 2.23. The van der Waals surface area contributed by atoms with Crippen molar-refractivity contribution >= 4 is 12.9 Å². The van der Waals surface area contributed by atoms with E-state index in [-0.39, 0.29) is 10.6 Å². The van der Waals surface area contributed by atoms with E-state index in [1.807, 2.05) is 54.6 Å². The number of halogens is 4. The summed E-state index contributed by atoms with van der Waals surface area (Å²) in [6.07, 6.45) is 0. The standard InChI is InChI=1S/C30H23N2O2.BF4/c33-32(34)28-18-16-23(17-19-28)22-31-29(25-12-6-2-7-13-25)20-27(24-10-4-1-5-11-24)21-30(31)26-14-8-3-9-15-26;2-1(3,4)5/h1-21H,22H2;/q+1;-1. The van der Waals surface area contributed by atoms with E-state index in [0.29, 0.717) is 6.54 Å². The molecule has 0 spiro atoms. The summed E-state index contributed by atoms with van der Waals surface area (Å²) in [4.78, 5) is 10.8. The molecule has 0 atom stereocenters. The van der Waals surface area contributed by atoms with Gasteiger partial charge in [0.2, 0.25) is 11.4 Å². The summed E-state index contributed by atoms with van der Waals surface area (Å²) in [6, 6.07) is 42.3. The van der Waals surface area contributed by atoms with Crippen LogP contribution >= 0.6 is 0 Å². The number of aromatic nitrogens is 1. The van der Waals surface area contributed by atoms with E-state index in [1.54, 1.807) is 12.1 Å². The molecule has 1 aromatic heterocycles. The Labute approximate surface area is 223 Å². The number of nitro groups is 1. The number of hydrogen-bond acceptors (Lipinski definition) is 2. The molecule has 0 saturated heterocycles. The van der Waals surface area contributed by atoms with Crippen molar-refractivity contribution in [2.45, 2.75) is 6.54 Å². The lowest BCUT2D eigenvalue weighted by atomic mass is 9.98. The number of nitrogens with zero attached hydrogens (tertiary/aromatic N) is 2. The van der Waals surface area contributed by atoms with E-state index in [1.165, 1.54) is 0 Å². The fraction of sp³-hybridized carbons (Fsp3) is 0.0333. The first-order valence-corrected chi connectivity index (χ1v) is 12.0. The SMILES string of the molecule is F[B-](F)(F)F.O=[N+]([O-])c1ccc(C[n+]2c(-c3ccccc3)cc(-c3ccccc3)cc2-c2ccccc2)cc1. The van der Waals surface area contributed by atoms with Gasteiger partial charge in [-0.2, -0.15) is 4.57 Å². The van der Waals surface area contributed by atoms with Crippen molar-refractivity contribution in [2.75, 3.05) is 0 Å².